The molecule has 30 heavy (non-hydrogen) atoms. The molecule has 3 aromatic rings. The van der Waals surface area contributed by atoms with Gasteiger partial charge < -0.3 is 0 Å². The number of sulfonamides is 2. The maximum absolute atomic E-state index is 13.6. The molecule has 0 atom stereocenters. The van der Waals surface area contributed by atoms with E-state index in [0.717, 1.165) is 30.3 Å². The lowest BCUT2D eigenvalue weighted by atomic mass is 10.3. The van der Waals surface area contributed by atoms with Gasteiger partial charge in [0.15, 0.2) is 0 Å². The van der Waals surface area contributed by atoms with Gasteiger partial charge in [0.1, 0.15) is 10.8 Å². The van der Waals surface area contributed by atoms with Crippen LogP contribution < -0.4 is 3.71 Å². The fraction of sp³-hybridized carbons (Fsp3) is 0. The van der Waals surface area contributed by atoms with Crippen molar-refractivity contribution >= 4 is 43.0 Å². The van der Waals surface area contributed by atoms with Crippen LogP contribution in [0, 0.1) is 15.9 Å². The molecule has 0 radical (unpaired) electrons. The van der Waals surface area contributed by atoms with E-state index >= 15 is 0 Å². The van der Waals surface area contributed by atoms with Gasteiger partial charge in [0, 0.05) is 6.07 Å². The highest BCUT2D eigenvalue weighted by atomic mass is 35.5. The summed E-state index contributed by atoms with van der Waals surface area (Å²) >= 11 is 5.73. The van der Waals surface area contributed by atoms with Gasteiger partial charge in [-0.2, -0.15) is 3.71 Å². The van der Waals surface area contributed by atoms with Crippen molar-refractivity contribution in [2.45, 2.75) is 9.79 Å². The fourth-order valence-electron chi connectivity index (χ4n) is 2.57. The van der Waals surface area contributed by atoms with Crippen LogP contribution in [-0.2, 0) is 20.0 Å². The Morgan fingerprint density at radius 2 is 1.43 bits per heavy atom. The first-order valence-corrected chi connectivity index (χ1v) is 11.4. The second-order valence-corrected chi connectivity index (χ2v) is 10.1. The lowest BCUT2D eigenvalue weighted by Crippen LogP contribution is -2.37. The topological polar surface area (TPSA) is 115 Å². The molecule has 0 spiro atoms. The Morgan fingerprint density at radius 3 is 2.00 bits per heavy atom. The molecule has 0 bridgehead atoms. The predicted molar refractivity (Wildman–Crippen MR) is 108 cm³/mol. The highest BCUT2D eigenvalue weighted by Crippen LogP contribution is 2.34. The lowest BCUT2D eigenvalue weighted by molar-refractivity contribution is -0.384. The summed E-state index contributed by atoms with van der Waals surface area (Å²) in [5.74, 6) is -0.886. The molecule has 0 aliphatic carbocycles. The van der Waals surface area contributed by atoms with E-state index in [1.165, 1.54) is 30.3 Å². The second kappa shape index (κ2) is 8.01. The van der Waals surface area contributed by atoms with Gasteiger partial charge in [-0.15, -0.1) is 0 Å². The van der Waals surface area contributed by atoms with E-state index in [0.29, 0.717) is 12.1 Å². The summed E-state index contributed by atoms with van der Waals surface area (Å²) in [7, 11) is -9.71. The average molecular weight is 471 g/mol. The maximum atomic E-state index is 13.6. The number of rotatable bonds is 6. The maximum Gasteiger partial charge on any atom is 0.289 e. The van der Waals surface area contributed by atoms with E-state index in [-0.39, 0.29) is 14.4 Å². The fourth-order valence-corrected chi connectivity index (χ4v) is 6.50. The molecule has 0 heterocycles. The van der Waals surface area contributed by atoms with Crippen LogP contribution in [0.1, 0.15) is 0 Å². The standard InChI is InChI=1S/C18H12ClFN2O6S2/c19-17-10-9-16(12-18(17)21(23)24)30(27,28)22(14-6-2-1-3-7-14)29(25,26)15-8-4-5-13(20)11-15/h1-12H. The monoisotopic (exact) mass is 470 g/mol. The molecule has 0 amide bonds. The number of para-hydroxylation sites is 1. The number of benzene rings is 3. The van der Waals surface area contributed by atoms with Gasteiger partial charge in [-0.25, -0.2) is 21.2 Å². The zero-order valence-corrected chi connectivity index (χ0v) is 17.2. The number of halogens is 2. The highest BCUT2D eigenvalue weighted by Gasteiger charge is 2.38. The van der Waals surface area contributed by atoms with Crippen molar-refractivity contribution in [2.24, 2.45) is 0 Å². The Bertz CT molecular complexity index is 1330. The van der Waals surface area contributed by atoms with Gasteiger partial charge in [0.05, 0.1) is 20.4 Å². The summed E-state index contributed by atoms with van der Waals surface area (Å²) in [6.45, 7) is 0. The first kappa shape index (κ1) is 21.7. The molecule has 12 heteroatoms. The van der Waals surface area contributed by atoms with Gasteiger partial charge in [-0.3, -0.25) is 10.1 Å². The van der Waals surface area contributed by atoms with Crippen LogP contribution in [-0.4, -0.2) is 21.8 Å². The second-order valence-electron chi connectivity index (χ2n) is 5.87. The van der Waals surface area contributed by atoms with Crippen LogP contribution in [0.15, 0.2) is 82.6 Å². The minimum absolute atomic E-state index is 0.0989. The normalized spacial score (nSPS) is 11.8. The zero-order valence-electron chi connectivity index (χ0n) is 14.8. The number of hydrogen-bond donors (Lipinski definition) is 0. The van der Waals surface area contributed by atoms with Crippen LogP contribution in [0.2, 0.25) is 5.02 Å². The van der Waals surface area contributed by atoms with Crippen molar-refractivity contribution in [2.75, 3.05) is 3.71 Å². The molecule has 0 saturated heterocycles. The molecule has 0 unspecified atom stereocenters. The summed E-state index contributed by atoms with van der Waals surface area (Å²) in [5.41, 5.74) is -0.978. The quantitative estimate of drug-likeness (QED) is 0.397. The first-order chi connectivity index (χ1) is 14.0. The van der Waals surface area contributed by atoms with E-state index < -0.39 is 46.3 Å². The van der Waals surface area contributed by atoms with Crippen molar-refractivity contribution in [3.8, 4) is 0 Å². The lowest BCUT2D eigenvalue weighted by Gasteiger charge is -2.24. The molecule has 0 saturated carbocycles. The number of hydrogen-bond acceptors (Lipinski definition) is 6. The van der Waals surface area contributed by atoms with E-state index in [4.69, 9.17) is 11.6 Å². The van der Waals surface area contributed by atoms with Gasteiger partial charge in [-0.1, -0.05) is 35.9 Å². The Kier molecular flexibility index (Phi) is 5.79. The molecule has 0 fully saturated rings. The van der Waals surface area contributed by atoms with E-state index in [9.17, 15) is 31.3 Å². The molecule has 3 aromatic carbocycles. The summed E-state index contributed by atoms with van der Waals surface area (Å²) in [4.78, 5) is 8.96. The first-order valence-electron chi connectivity index (χ1n) is 8.10. The molecular weight excluding hydrogens is 459 g/mol. The Labute approximate surface area is 176 Å². The van der Waals surface area contributed by atoms with Crippen LogP contribution in [0.4, 0.5) is 15.8 Å². The number of nitrogens with zero attached hydrogens (tertiary/aromatic N) is 2. The van der Waals surface area contributed by atoms with Gasteiger partial charge in [0.25, 0.3) is 25.7 Å². The zero-order chi connectivity index (χ0) is 22.1. The highest BCUT2D eigenvalue weighted by molar-refractivity contribution is 8.10. The van der Waals surface area contributed by atoms with E-state index in [1.54, 1.807) is 0 Å². The summed E-state index contributed by atoms with van der Waals surface area (Å²) in [6.07, 6.45) is 0. The Hall–Kier alpha value is -3.02. The predicted octanol–water partition coefficient (Wildman–Crippen LogP) is 3.97. The largest absolute Gasteiger partial charge is 0.289 e. The van der Waals surface area contributed by atoms with Crippen molar-refractivity contribution in [3.63, 3.8) is 0 Å². The van der Waals surface area contributed by atoms with Crippen molar-refractivity contribution < 1.29 is 26.1 Å². The molecule has 8 nitrogen and oxygen atoms in total. The van der Waals surface area contributed by atoms with Gasteiger partial charge in [-0.05, 0) is 42.5 Å². The molecule has 0 aliphatic heterocycles. The summed E-state index contributed by atoms with van der Waals surface area (Å²) in [6, 6.07) is 13.2. The third-order valence-electron chi connectivity index (χ3n) is 3.91. The SMILES string of the molecule is O=[N+]([O-])c1cc(S(=O)(=O)N(c2ccccc2)S(=O)(=O)c2cccc(F)c2)ccc1Cl. The number of nitro benzene ring substituents is 1. The van der Waals surface area contributed by atoms with Gasteiger partial charge in [0.2, 0.25) is 0 Å². The van der Waals surface area contributed by atoms with Crippen LogP contribution in [0.25, 0.3) is 0 Å². The molecule has 0 aliphatic rings. The molecular formula is C18H12ClFN2O6S2. The molecule has 0 aromatic heterocycles. The third kappa shape index (κ3) is 3.99. The van der Waals surface area contributed by atoms with Crippen molar-refractivity contribution in [3.05, 3.63) is 93.8 Å². The average Bonchev–Trinajstić information content (AvgIpc) is 2.68. The van der Waals surface area contributed by atoms with E-state index in [2.05, 4.69) is 0 Å². The van der Waals surface area contributed by atoms with E-state index in [1.807, 2.05) is 0 Å². The van der Waals surface area contributed by atoms with Crippen LogP contribution in [0.5, 0.6) is 0 Å². The smallest absolute Gasteiger partial charge is 0.258 e. The number of nitro groups is 1. The Balaban J connectivity index is 2.29. The van der Waals surface area contributed by atoms with Crippen molar-refractivity contribution in [1.82, 2.24) is 0 Å². The summed E-state index contributed by atoms with van der Waals surface area (Å²) in [5, 5.41) is 10.8. The van der Waals surface area contributed by atoms with Crippen LogP contribution in [0.3, 0.4) is 0 Å². The minimum Gasteiger partial charge on any atom is -0.258 e. The minimum atomic E-state index is -4.89. The van der Waals surface area contributed by atoms with Crippen molar-refractivity contribution in [1.29, 1.82) is 0 Å². The Morgan fingerprint density at radius 1 is 0.833 bits per heavy atom. The third-order valence-corrected chi connectivity index (χ3v) is 8.40. The molecule has 156 valence electrons. The number of anilines is 1. The molecule has 0 N–H and O–H groups in total. The summed E-state index contributed by atoms with van der Waals surface area (Å²) < 4.78 is 66.8. The van der Waals surface area contributed by atoms with Crippen LogP contribution >= 0.6 is 11.6 Å². The molecule has 3 rings (SSSR count). The van der Waals surface area contributed by atoms with Gasteiger partial charge >= 0.3 is 0 Å².